The van der Waals surface area contributed by atoms with E-state index in [2.05, 4.69) is 10.3 Å². The molecule has 3 aromatic rings. The summed E-state index contributed by atoms with van der Waals surface area (Å²) >= 11 is 6.01. The van der Waals surface area contributed by atoms with E-state index in [1.165, 1.54) is 0 Å². The smallest absolute Gasteiger partial charge is 0.225 e. The maximum atomic E-state index is 12.8. The molecule has 2 aromatic carbocycles. The number of carbonyl (C=O) groups is 1. The first-order valence-electron chi connectivity index (χ1n) is 8.76. The van der Waals surface area contributed by atoms with E-state index in [4.69, 9.17) is 21.1 Å². The van der Waals surface area contributed by atoms with Crippen molar-refractivity contribution in [2.45, 2.75) is 12.5 Å². The topological polar surface area (TPSA) is 60.5 Å². The molecule has 1 aromatic heterocycles. The summed E-state index contributed by atoms with van der Waals surface area (Å²) in [5.41, 5.74) is 2.65. The fraction of sp³-hybridized carbons (Fsp3) is 0.182. The van der Waals surface area contributed by atoms with Gasteiger partial charge in [-0.1, -0.05) is 35.9 Å². The van der Waals surface area contributed by atoms with Gasteiger partial charge in [0.25, 0.3) is 0 Å². The second-order valence-electron chi connectivity index (χ2n) is 6.20. The molecule has 0 saturated heterocycles. The molecule has 1 heterocycles. The number of amides is 1. The Morgan fingerprint density at radius 3 is 2.43 bits per heavy atom. The SMILES string of the molecule is COc1ccc(CC(=O)N[C@@H](c2ccc(Cl)cc2)c2cccnc2)cc1OC. The van der Waals surface area contributed by atoms with Crippen molar-refractivity contribution in [3.8, 4) is 11.5 Å². The number of hydrogen-bond acceptors (Lipinski definition) is 4. The van der Waals surface area contributed by atoms with Crippen molar-refractivity contribution >= 4 is 17.5 Å². The van der Waals surface area contributed by atoms with E-state index in [1.54, 1.807) is 50.9 Å². The molecule has 1 N–H and O–H groups in total. The highest BCUT2D eigenvalue weighted by Gasteiger charge is 2.18. The van der Waals surface area contributed by atoms with Gasteiger partial charge in [-0.15, -0.1) is 0 Å². The number of nitrogens with one attached hydrogen (secondary N) is 1. The molecular formula is C22H21ClN2O3. The van der Waals surface area contributed by atoms with Crippen molar-refractivity contribution in [2.24, 2.45) is 0 Å². The molecule has 1 amide bonds. The summed E-state index contributed by atoms with van der Waals surface area (Å²) in [5, 5.41) is 3.73. The van der Waals surface area contributed by atoms with Crippen LogP contribution in [0.15, 0.2) is 67.0 Å². The van der Waals surface area contributed by atoms with Crippen LogP contribution < -0.4 is 14.8 Å². The largest absolute Gasteiger partial charge is 0.493 e. The molecule has 0 aliphatic heterocycles. The second-order valence-corrected chi connectivity index (χ2v) is 6.64. The Morgan fingerprint density at radius 1 is 1.04 bits per heavy atom. The predicted molar refractivity (Wildman–Crippen MR) is 109 cm³/mol. The summed E-state index contributed by atoms with van der Waals surface area (Å²) < 4.78 is 10.6. The minimum Gasteiger partial charge on any atom is -0.493 e. The highest BCUT2D eigenvalue weighted by atomic mass is 35.5. The summed E-state index contributed by atoms with van der Waals surface area (Å²) in [4.78, 5) is 16.9. The lowest BCUT2D eigenvalue weighted by molar-refractivity contribution is -0.120. The molecule has 0 saturated carbocycles. The zero-order chi connectivity index (χ0) is 19.9. The van der Waals surface area contributed by atoms with Crippen molar-refractivity contribution in [3.05, 3.63) is 88.7 Å². The van der Waals surface area contributed by atoms with Gasteiger partial charge >= 0.3 is 0 Å². The molecule has 5 nitrogen and oxygen atoms in total. The van der Waals surface area contributed by atoms with E-state index in [-0.39, 0.29) is 18.4 Å². The number of pyridine rings is 1. The first-order chi connectivity index (χ1) is 13.6. The quantitative estimate of drug-likeness (QED) is 0.650. The van der Waals surface area contributed by atoms with E-state index < -0.39 is 0 Å². The minimum absolute atomic E-state index is 0.115. The Balaban J connectivity index is 1.81. The van der Waals surface area contributed by atoms with Crippen molar-refractivity contribution in [3.63, 3.8) is 0 Å². The summed E-state index contributed by atoms with van der Waals surface area (Å²) in [6.45, 7) is 0. The lowest BCUT2D eigenvalue weighted by Crippen LogP contribution is -2.30. The molecule has 0 bridgehead atoms. The van der Waals surface area contributed by atoms with Crippen molar-refractivity contribution in [2.75, 3.05) is 14.2 Å². The number of carbonyl (C=O) groups excluding carboxylic acids is 1. The Hall–Kier alpha value is -3.05. The van der Waals surface area contributed by atoms with Crippen molar-refractivity contribution in [1.82, 2.24) is 10.3 Å². The van der Waals surface area contributed by atoms with Crippen LogP contribution in [0.3, 0.4) is 0 Å². The summed E-state index contributed by atoms with van der Waals surface area (Å²) in [5.74, 6) is 1.10. The summed E-state index contributed by atoms with van der Waals surface area (Å²) in [6, 6.07) is 16.3. The number of benzene rings is 2. The zero-order valence-electron chi connectivity index (χ0n) is 15.7. The molecule has 144 valence electrons. The van der Waals surface area contributed by atoms with Crippen LogP contribution in [-0.4, -0.2) is 25.1 Å². The van der Waals surface area contributed by atoms with Gasteiger partial charge in [0.2, 0.25) is 5.91 Å². The fourth-order valence-corrected chi connectivity index (χ4v) is 3.08. The van der Waals surface area contributed by atoms with Crippen molar-refractivity contribution in [1.29, 1.82) is 0 Å². The lowest BCUT2D eigenvalue weighted by Gasteiger charge is -2.20. The van der Waals surface area contributed by atoms with Crippen LogP contribution in [-0.2, 0) is 11.2 Å². The molecule has 28 heavy (non-hydrogen) atoms. The number of nitrogens with zero attached hydrogens (tertiary/aromatic N) is 1. The molecule has 0 unspecified atom stereocenters. The highest BCUT2D eigenvalue weighted by molar-refractivity contribution is 6.30. The van der Waals surface area contributed by atoms with Gasteiger partial charge in [-0.3, -0.25) is 9.78 Å². The molecule has 0 spiro atoms. The Labute approximate surface area is 169 Å². The van der Waals surface area contributed by atoms with E-state index in [9.17, 15) is 4.79 Å². The van der Waals surface area contributed by atoms with Gasteiger partial charge in [0.05, 0.1) is 26.7 Å². The minimum atomic E-state index is -0.321. The molecule has 0 aliphatic rings. The standard InChI is InChI=1S/C22H21ClN2O3/c1-27-19-10-5-15(12-20(19)28-2)13-21(26)25-22(17-4-3-11-24-14-17)16-6-8-18(23)9-7-16/h3-12,14,22H,13H2,1-2H3,(H,25,26)/t22-/m0/s1. The molecule has 0 aliphatic carbocycles. The van der Waals surface area contributed by atoms with Gasteiger partial charge in [-0.2, -0.15) is 0 Å². The number of ether oxygens (including phenoxy) is 2. The zero-order valence-corrected chi connectivity index (χ0v) is 16.4. The van der Waals surface area contributed by atoms with Gasteiger partial charge in [0, 0.05) is 17.4 Å². The molecule has 6 heteroatoms. The molecule has 0 radical (unpaired) electrons. The van der Waals surface area contributed by atoms with Crippen LogP contribution in [0.2, 0.25) is 5.02 Å². The lowest BCUT2D eigenvalue weighted by atomic mass is 9.99. The third-order valence-corrected chi connectivity index (χ3v) is 4.59. The van der Waals surface area contributed by atoms with E-state index in [1.807, 2.05) is 30.3 Å². The molecule has 1 atom stereocenters. The van der Waals surface area contributed by atoms with Gasteiger partial charge < -0.3 is 14.8 Å². The predicted octanol–water partition coefficient (Wildman–Crippen LogP) is 4.20. The van der Waals surface area contributed by atoms with Gasteiger partial charge in [0.15, 0.2) is 11.5 Å². The Bertz CT molecular complexity index is 930. The average molecular weight is 397 g/mol. The van der Waals surface area contributed by atoms with Crippen LogP contribution in [0.1, 0.15) is 22.7 Å². The summed E-state index contributed by atoms with van der Waals surface area (Å²) in [6.07, 6.45) is 3.66. The molecule has 0 fully saturated rings. The average Bonchev–Trinajstić information content (AvgIpc) is 2.73. The maximum Gasteiger partial charge on any atom is 0.225 e. The van der Waals surface area contributed by atoms with Crippen LogP contribution >= 0.6 is 11.6 Å². The number of rotatable bonds is 7. The van der Waals surface area contributed by atoms with E-state index in [0.717, 1.165) is 16.7 Å². The molecular weight excluding hydrogens is 376 g/mol. The van der Waals surface area contributed by atoms with Gasteiger partial charge in [-0.05, 0) is 47.0 Å². The number of halogens is 1. The Morgan fingerprint density at radius 2 is 1.79 bits per heavy atom. The van der Waals surface area contributed by atoms with Crippen LogP contribution in [0.5, 0.6) is 11.5 Å². The normalized spacial score (nSPS) is 11.5. The van der Waals surface area contributed by atoms with E-state index >= 15 is 0 Å². The van der Waals surface area contributed by atoms with Crippen molar-refractivity contribution < 1.29 is 14.3 Å². The Kier molecular flexibility index (Phi) is 6.50. The first-order valence-corrected chi connectivity index (χ1v) is 9.14. The van der Waals surface area contributed by atoms with Gasteiger partial charge in [-0.25, -0.2) is 0 Å². The molecule has 3 rings (SSSR count). The van der Waals surface area contributed by atoms with E-state index in [0.29, 0.717) is 16.5 Å². The number of aromatic nitrogens is 1. The second kappa shape index (κ2) is 9.24. The third kappa shape index (κ3) is 4.81. The highest BCUT2D eigenvalue weighted by Crippen LogP contribution is 2.28. The van der Waals surface area contributed by atoms with Crippen LogP contribution in [0.4, 0.5) is 0 Å². The number of hydrogen-bond donors (Lipinski definition) is 1. The third-order valence-electron chi connectivity index (χ3n) is 4.34. The fourth-order valence-electron chi connectivity index (χ4n) is 2.95. The first kappa shape index (κ1) is 19.7. The van der Waals surface area contributed by atoms with Gasteiger partial charge in [0.1, 0.15) is 0 Å². The maximum absolute atomic E-state index is 12.8. The van der Waals surface area contributed by atoms with Crippen LogP contribution in [0, 0.1) is 0 Å². The summed E-state index contributed by atoms with van der Waals surface area (Å²) in [7, 11) is 3.15. The monoisotopic (exact) mass is 396 g/mol. The number of methoxy groups -OCH3 is 2. The van der Waals surface area contributed by atoms with Crippen LogP contribution in [0.25, 0.3) is 0 Å².